The van der Waals surface area contributed by atoms with Crippen LogP contribution in [0.2, 0.25) is 0 Å². The molecule has 0 saturated carbocycles. The minimum atomic E-state index is 0.742. The molecule has 0 unspecified atom stereocenters. The number of rotatable bonds is 3. The van der Waals surface area contributed by atoms with Gasteiger partial charge in [0.05, 0.1) is 26.0 Å². The van der Waals surface area contributed by atoms with Crippen molar-refractivity contribution in [2.75, 3.05) is 38.3 Å². The Morgan fingerprint density at radius 2 is 1.75 bits per heavy atom. The van der Waals surface area contributed by atoms with Crippen molar-refractivity contribution < 1.29 is 9.47 Å². The molecule has 1 aromatic heterocycles. The van der Waals surface area contributed by atoms with Gasteiger partial charge in [0, 0.05) is 37.1 Å². The molecule has 0 N–H and O–H groups in total. The predicted molar refractivity (Wildman–Crippen MR) is 93.7 cm³/mol. The fourth-order valence-corrected chi connectivity index (χ4v) is 3.48. The van der Waals surface area contributed by atoms with E-state index in [2.05, 4.69) is 4.90 Å². The van der Waals surface area contributed by atoms with E-state index >= 15 is 0 Å². The molecule has 0 bridgehead atoms. The van der Waals surface area contributed by atoms with E-state index in [1.807, 2.05) is 24.3 Å². The lowest BCUT2D eigenvalue weighted by Crippen LogP contribution is -2.22. The summed E-state index contributed by atoms with van der Waals surface area (Å²) in [6, 6.07) is 7.98. The summed E-state index contributed by atoms with van der Waals surface area (Å²) >= 11 is 0. The van der Waals surface area contributed by atoms with Crippen molar-refractivity contribution in [3.63, 3.8) is 0 Å². The van der Waals surface area contributed by atoms with E-state index in [4.69, 9.17) is 19.4 Å². The Labute approximate surface area is 142 Å². The predicted octanol–water partition coefficient (Wildman–Crippen LogP) is 2.87. The average molecular weight is 325 g/mol. The average Bonchev–Trinajstić information content (AvgIpc) is 3.06. The molecule has 24 heavy (non-hydrogen) atoms. The summed E-state index contributed by atoms with van der Waals surface area (Å²) < 4.78 is 10.9. The number of nitrogens with zero attached hydrogens (tertiary/aromatic N) is 3. The van der Waals surface area contributed by atoms with Crippen molar-refractivity contribution in [3.8, 4) is 17.1 Å². The molecule has 2 aromatic rings. The third-order valence-electron chi connectivity index (χ3n) is 4.80. The number of hydrogen-bond acceptors (Lipinski definition) is 5. The smallest absolute Gasteiger partial charge is 0.161 e. The molecule has 0 spiro atoms. The molecule has 1 aromatic carbocycles. The number of anilines is 1. The molecule has 126 valence electrons. The highest BCUT2D eigenvalue weighted by Gasteiger charge is 2.23. The molecule has 1 fully saturated rings. The van der Waals surface area contributed by atoms with E-state index in [0.717, 1.165) is 67.8 Å². The SMILES string of the molecule is COc1ccc(-c2nc3c(c(N4CCCC4)n2)CCOCC3)cc1. The van der Waals surface area contributed by atoms with Crippen LogP contribution in [0.1, 0.15) is 24.1 Å². The van der Waals surface area contributed by atoms with Gasteiger partial charge in [0.2, 0.25) is 0 Å². The van der Waals surface area contributed by atoms with Crippen LogP contribution in [-0.2, 0) is 17.6 Å². The number of aromatic nitrogens is 2. The van der Waals surface area contributed by atoms with Gasteiger partial charge in [0.25, 0.3) is 0 Å². The first-order chi connectivity index (χ1) is 11.8. The van der Waals surface area contributed by atoms with Crippen LogP contribution in [0, 0.1) is 0 Å². The molecular weight excluding hydrogens is 302 g/mol. The van der Waals surface area contributed by atoms with Gasteiger partial charge in [-0.15, -0.1) is 0 Å². The van der Waals surface area contributed by atoms with Gasteiger partial charge < -0.3 is 14.4 Å². The van der Waals surface area contributed by atoms with E-state index in [0.29, 0.717) is 0 Å². The molecule has 2 aliphatic rings. The van der Waals surface area contributed by atoms with Crippen molar-refractivity contribution in [1.82, 2.24) is 9.97 Å². The van der Waals surface area contributed by atoms with Crippen LogP contribution < -0.4 is 9.64 Å². The fourth-order valence-electron chi connectivity index (χ4n) is 3.48. The highest BCUT2D eigenvalue weighted by Crippen LogP contribution is 2.30. The molecule has 5 nitrogen and oxygen atoms in total. The number of hydrogen-bond donors (Lipinski definition) is 0. The zero-order chi connectivity index (χ0) is 16.4. The molecular formula is C19H23N3O2. The number of ether oxygens (including phenoxy) is 2. The van der Waals surface area contributed by atoms with Crippen molar-refractivity contribution in [1.29, 1.82) is 0 Å². The maximum absolute atomic E-state index is 5.67. The molecule has 5 heteroatoms. The van der Waals surface area contributed by atoms with Gasteiger partial charge in [0.1, 0.15) is 11.6 Å². The standard InChI is InChI=1S/C19H23N3O2/c1-23-15-6-4-14(5-7-15)18-20-17-9-13-24-12-8-16(17)19(21-18)22-10-2-3-11-22/h4-7H,2-3,8-13H2,1H3. The van der Waals surface area contributed by atoms with Crippen LogP contribution in [0.4, 0.5) is 5.82 Å². The zero-order valence-electron chi connectivity index (χ0n) is 14.1. The van der Waals surface area contributed by atoms with Gasteiger partial charge in [-0.25, -0.2) is 9.97 Å². The highest BCUT2D eigenvalue weighted by atomic mass is 16.5. The monoisotopic (exact) mass is 325 g/mol. The van der Waals surface area contributed by atoms with Crippen LogP contribution in [0.15, 0.2) is 24.3 Å². The lowest BCUT2D eigenvalue weighted by molar-refractivity contribution is 0.146. The Morgan fingerprint density at radius 3 is 2.50 bits per heavy atom. The number of methoxy groups -OCH3 is 1. The molecule has 2 aliphatic heterocycles. The lowest BCUT2D eigenvalue weighted by Gasteiger charge is -2.22. The normalized spacial score (nSPS) is 17.5. The molecule has 0 radical (unpaired) electrons. The molecule has 0 atom stereocenters. The van der Waals surface area contributed by atoms with Crippen LogP contribution in [0.25, 0.3) is 11.4 Å². The molecule has 1 saturated heterocycles. The van der Waals surface area contributed by atoms with Crippen LogP contribution in [0.5, 0.6) is 5.75 Å². The first-order valence-corrected chi connectivity index (χ1v) is 8.72. The Morgan fingerprint density at radius 1 is 1.00 bits per heavy atom. The highest BCUT2D eigenvalue weighted by molar-refractivity contribution is 5.62. The van der Waals surface area contributed by atoms with Crippen LogP contribution in [-0.4, -0.2) is 43.4 Å². The van der Waals surface area contributed by atoms with E-state index < -0.39 is 0 Å². The summed E-state index contributed by atoms with van der Waals surface area (Å²) in [5.74, 6) is 2.77. The Balaban J connectivity index is 1.79. The second-order valence-electron chi connectivity index (χ2n) is 6.33. The Bertz CT molecular complexity index is 709. The van der Waals surface area contributed by atoms with Crippen molar-refractivity contribution in [3.05, 3.63) is 35.5 Å². The summed E-state index contributed by atoms with van der Waals surface area (Å²) in [6.45, 7) is 3.68. The third-order valence-corrected chi connectivity index (χ3v) is 4.80. The topological polar surface area (TPSA) is 47.5 Å². The second kappa shape index (κ2) is 6.77. The summed E-state index contributed by atoms with van der Waals surface area (Å²) in [5, 5.41) is 0. The lowest BCUT2D eigenvalue weighted by atomic mass is 10.1. The van der Waals surface area contributed by atoms with Gasteiger partial charge in [0.15, 0.2) is 5.82 Å². The van der Waals surface area contributed by atoms with Crippen LogP contribution >= 0.6 is 0 Å². The zero-order valence-corrected chi connectivity index (χ0v) is 14.1. The van der Waals surface area contributed by atoms with Gasteiger partial charge in [-0.1, -0.05) is 0 Å². The van der Waals surface area contributed by atoms with Crippen molar-refractivity contribution in [2.24, 2.45) is 0 Å². The maximum Gasteiger partial charge on any atom is 0.161 e. The quantitative estimate of drug-likeness (QED) is 0.868. The molecule has 0 amide bonds. The van der Waals surface area contributed by atoms with Gasteiger partial charge >= 0.3 is 0 Å². The van der Waals surface area contributed by atoms with E-state index in [9.17, 15) is 0 Å². The fraction of sp³-hybridized carbons (Fsp3) is 0.474. The molecule has 3 heterocycles. The maximum atomic E-state index is 5.67. The van der Waals surface area contributed by atoms with Gasteiger partial charge in [-0.05, 0) is 37.1 Å². The Hall–Kier alpha value is -2.14. The Kier molecular flexibility index (Phi) is 4.34. The van der Waals surface area contributed by atoms with Crippen molar-refractivity contribution >= 4 is 5.82 Å². The van der Waals surface area contributed by atoms with Gasteiger partial charge in [-0.3, -0.25) is 0 Å². The molecule has 4 rings (SSSR count). The largest absolute Gasteiger partial charge is 0.497 e. The third kappa shape index (κ3) is 2.96. The first kappa shape index (κ1) is 15.4. The van der Waals surface area contributed by atoms with E-state index in [-0.39, 0.29) is 0 Å². The van der Waals surface area contributed by atoms with Crippen LogP contribution in [0.3, 0.4) is 0 Å². The van der Waals surface area contributed by atoms with Gasteiger partial charge in [-0.2, -0.15) is 0 Å². The minimum Gasteiger partial charge on any atom is -0.497 e. The summed E-state index contributed by atoms with van der Waals surface area (Å²) in [6.07, 6.45) is 4.26. The number of fused-ring (bicyclic) bond motifs is 1. The van der Waals surface area contributed by atoms with E-state index in [1.165, 1.54) is 18.4 Å². The first-order valence-electron chi connectivity index (χ1n) is 8.72. The van der Waals surface area contributed by atoms with Crippen molar-refractivity contribution in [2.45, 2.75) is 25.7 Å². The number of benzene rings is 1. The van der Waals surface area contributed by atoms with E-state index in [1.54, 1.807) is 7.11 Å². The second-order valence-corrected chi connectivity index (χ2v) is 6.33. The summed E-state index contributed by atoms with van der Waals surface area (Å²) in [7, 11) is 1.68. The minimum absolute atomic E-state index is 0.742. The summed E-state index contributed by atoms with van der Waals surface area (Å²) in [4.78, 5) is 12.2. The molecule has 0 aliphatic carbocycles. The summed E-state index contributed by atoms with van der Waals surface area (Å²) in [5.41, 5.74) is 3.46.